The molecule has 1 fully saturated rings. The summed E-state index contributed by atoms with van der Waals surface area (Å²) in [5, 5.41) is -0.153. The number of sulfonamides is 1. The molecule has 0 N–H and O–H groups in total. The van der Waals surface area contributed by atoms with Gasteiger partial charge in [-0.2, -0.15) is 17.5 Å². The minimum absolute atomic E-state index is 0.153. The molecule has 0 amide bonds. The average molecular weight is 343 g/mol. The average Bonchev–Trinajstić information content (AvgIpc) is 2.38. The van der Waals surface area contributed by atoms with Crippen molar-refractivity contribution in [2.45, 2.75) is 11.1 Å². The predicted octanol–water partition coefficient (Wildman–Crippen LogP) is 2.29. The maximum atomic E-state index is 13.0. The first-order valence-electron chi connectivity index (χ1n) is 6.18. The Morgan fingerprint density at radius 1 is 1.14 bits per heavy atom. The molecule has 1 aromatic carbocycles. The molecule has 0 spiro atoms. The van der Waals surface area contributed by atoms with Gasteiger partial charge in [-0.1, -0.05) is 11.6 Å². The molecule has 1 heterocycles. The summed E-state index contributed by atoms with van der Waals surface area (Å²) in [5.41, 5.74) is -1.23. The number of nitrogens with zero attached hydrogens (tertiary/aromatic N) is 2. The summed E-state index contributed by atoms with van der Waals surface area (Å²) in [7, 11) is -2.36. The first-order chi connectivity index (χ1) is 9.62. The molecule has 0 saturated carbocycles. The van der Waals surface area contributed by atoms with Crippen LogP contribution in [0.25, 0.3) is 0 Å². The zero-order valence-corrected chi connectivity index (χ0v) is 12.8. The Kier molecular flexibility index (Phi) is 4.53. The highest BCUT2D eigenvalue weighted by Crippen LogP contribution is 2.37. The monoisotopic (exact) mass is 342 g/mol. The van der Waals surface area contributed by atoms with Gasteiger partial charge >= 0.3 is 6.18 Å². The van der Waals surface area contributed by atoms with Crippen LogP contribution in [0, 0.1) is 0 Å². The van der Waals surface area contributed by atoms with Crippen LogP contribution < -0.4 is 0 Å². The molecule has 0 radical (unpaired) electrons. The van der Waals surface area contributed by atoms with Crippen LogP contribution in [0.15, 0.2) is 23.1 Å². The number of halogens is 4. The fraction of sp³-hybridized carbons (Fsp3) is 0.500. The van der Waals surface area contributed by atoms with Crippen LogP contribution in [-0.4, -0.2) is 50.8 Å². The maximum absolute atomic E-state index is 13.0. The van der Waals surface area contributed by atoms with Crippen molar-refractivity contribution in [1.82, 2.24) is 9.21 Å². The van der Waals surface area contributed by atoms with E-state index in [9.17, 15) is 21.6 Å². The first kappa shape index (κ1) is 16.5. The zero-order chi connectivity index (χ0) is 15.8. The zero-order valence-electron chi connectivity index (χ0n) is 11.2. The van der Waals surface area contributed by atoms with Crippen LogP contribution >= 0.6 is 11.6 Å². The van der Waals surface area contributed by atoms with Crippen LogP contribution in [-0.2, 0) is 16.2 Å². The van der Waals surface area contributed by atoms with Crippen molar-refractivity contribution < 1.29 is 21.6 Å². The molecule has 2 rings (SSSR count). The third kappa shape index (κ3) is 3.50. The Morgan fingerprint density at radius 2 is 1.71 bits per heavy atom. The normalized spacial score (nSPS) is 18.9. The van der Waals surface area contributed by atoms with E-state index in [-0.39, 0.29) is 18.1 Å². The number of rotatable bonds is 2. The second kappa shape index (κ2) is 5.75. The fourth-order valence-corrected chi connectivity index (χ4v) is 3.90. The van der Waals surface area contributed by atoms with Gasteiger partial charge in [0.2, 0.25) is 10.0 Å². The number of piperazine rings is 1. The number of hydrogen-bond donors (Lipinski definition) is 0. The molecule has 0 atom stereocenters. The SMILES string of the molecule is CN1CCN(S(=O)(=O)c2ccc(Cl)cc2C(F)(F)F)CC1. The molecule has 0 unspecified atom stereocenters. The van der Waals surface area contributed by atoms with Crippen LogP contribution in [0.3, 0.4) is 0 Å². The lowest BCUT2D eigenvalue weighted by Gasteiger charge is -2.32. The van der Waals surface area contributed by atoms with Gasteiger partial charge in [0.25, 0.3) is 0 Å². The Hall–Kier alpha value is -0.830. The highest BCUT2D eigenvalue weighted by Gasteiger charge is 2.39. The Morgan fingerprint density at radius 3 is 2.24 bits per heavy atom. The summed E-state index contributed by atoms with van der Waals surface area (Å²) in [4.78, 5) is 1.17. The van der Waals surface area contributed by atoms with Gasteiger partial charge in [-0.15, -0.1) is 0 Å². The van der Waals surface area contributed by atoms with Gasteiger partial charge in [-0.25, -0.2) is 8.42 Å². The summed E-state index contributed by atoms with van der Waals surface area (Å²) in [6.45, 7) is 1.29. The molecule has 1 aliphatic rings. The third-order valence-electron chi connectivity index (χ3n) is 3.33. The van der Waals surface area contributed by atoms with Crippen molar-refractivity contribution in [3.05, 3.63) is 28.8 Å². The Balaban J connectivity index is 2.45. The van der Waals surface area contributed by atoms with Crippen LogP contribution in [0.2, 0.25) is 5.02 Å². The fourth-order valence-electron chi connectivity index (χ4n) is 2.12. The standard InChI is InChI=1S/C12H14ClF3N2O2S/c1-17-4-6-18(7-5-17)21(19,20)11-3-2-9(13)8-10(11)12(14,15)16/h2-3,8H,4-7H2,1H3. The number of likely N-dealkylation sites (N-methyl/N-ethyl adjacent to an activating group) is 1. The summed E-state index contributed by atoms with van der Waals surface area (Å²) >= 11 is 5.56. The molecule has 1 saturated heterocycles. The van der Waals surface area contributed by atoms with Crippen LogP contribution in [0.4, 0.5) is 13.2 Å². The molecule has 0 bridgehead atoms. The van der Waals surface area contributed by atoms with Crippen molar-refractivity contribution in [2.24, 2.45) is 0 Å². The number of benzene rings is 1. The lowest BCUT2D eigenvalue weighted by atomic mass is 10.2. The Bertz CT molecular complexity index is 626. The quantitative estimate of drug-likeness (QED) is 0.828. The van der Waals surface area contributed by atoms with Crippen molar-refractivity contribution in [3.8, 4) is 0 Å². The molecular weight excluding hydrogens is 329 g/mol. The van der Waals surface area contributed by atoms with E-state index < -0.39 is 26.7 Å². The summed E-state index contributed by atoms with van der Waals surface area (Å²) in [6.07, 6.45) is -4.78. The van der Waals surface area contributed by atoms with Crippen molar-refractivity contribution in [1.29, 1.82) is 0 Å². The molecule has 118 valence electrons. The Labute approximate surface area is 126 Å². The first-order valence-corrected chi connectivity index (χ1v) is 7.99. The van der Waals surface area contributed by atoms with Gasteiger partial charge < -0.3 is 4.90 Å². The van der Waals surface area contributed by atoms with Gasteiger partial charge in [0.15, 0.2) is 0 Å². The van der Waals surface area contributed by atoms with E-state index in [1.807, 2.05) is 11.9 Å². The maximum Gasteiger partial charge on any atom is 0.417 e. The molecule has 0 aromatic heterocycles. The van der Waals surface area contributed by atoms with Crippen LogP contribution in [0.1, 0.15) is 5.56 Å². The van der Waals surface area contributed by atoms with E-state index in [1.54, 1.807) is 0 Å². The highest BCUT2D eigenvalue weighted by molar-refractivity contribution is 7.89. The van der Waals surface area contributed by atoms with Crippen molar-refractivity contribution >= 4 is 21.6 Å². The molecule has 4 nitrogen and oxygen atoms in total. The molecule has 9 heteroatoms. The smallest absolute Gasteiger partial charge is 0.304 e. The minimum Gasteiger partial charge on any atom is -0.304 e. The van der Waals surface area contributed by atoms with E-state index in [0.29, 0.717) is 19.2 Å². The summed E-state index contributed by atoms with van der Waals surface area (Å²) in [6, 6.07) is 2.71. The van der Waals surface area contributed by atoms with E-state index in [0.717, 1.165) is 16.4 Å². The highest BCUT2D eigenvalue weighted by atomic mass is 35.5. The van der Waals surface area contributed by atoms with Crippen molar-refractivity contribution in [2.75, 3.05) is 33.2 Å². The largest absolute Gasteiger partial charge is 0.417 e. The number of hydrogen-bond acceptors (Lipinski definition) is 3. The topological polar surface area (TPSA) is 40.6 Å². The van der Waals surface area contributed by atoms with Gasteiger partial charge in [0.05, 0.1) is 10.5 Å². The molecular formula is C12H14ClF3N2O2S. The second-order valence-electron chi connectivity index (χ2n) is 4.85. The number of alkyl halides is 3. The van der Waals surface area contributed by atoms with E-state index in [1.165, 1.54) is 0 Å². The molecule has 1 aliphatic heterocycles. The molecule has 1 aromatic rings. The lowest BCUT2D eigenvalue weighted by Crippen LogP contribution is -2.47. The van der Waals surface area contributed by atoms with Gasteiger partial charge in [0.1, 0.15) is 0 Å². The lowest BCUT2D eigenvalue weighted by molar-refractivity contribution is -0.139. The summed E-state index contributed by atoms with van der Waals surface area (Å²) in [5.74, 6) is 0. The third-order valence-corrected chi connectivity index (χ3v) is 5.52. The van der Waals surface area contributed by atoms with Gasteiger partial charge in [0, 0.05) is 31.2 Å². The van der Waals surface area contributed by atoms with E-state index in [4.69, 9.17) is 11.6 Å². The minimum atomic E-state index is -4.78. The second-order valence-corrected chi connectivity index (χ2v) is 7.19. The van der Waals surface area contributed by atoms with Crippen LogP contribution in [0.5, 0.6) is 0 Å². The predicted molar refractivity (Wildman–Crippen MR) is 72.7 cm³/mol. The van der Waals surface area contributed by atoms with E-state index >= 15 is 0 Å². The van der Waals surface area contributed by atoms with Gasteiger partial charge in [-0.3, -0.25) is 0 Å². The molecule has 21 heavy (non-hydrogen) atoms. The van der Waals surface area contributed by atoms with E-state index in [2.05, 4.69) is 0 Å². The van der Waals surface area contributed by atoms with Gasteiger partial charge in [-0.05, 0) is 25.2 Å². The molecule has 0 aliphatic carbocycles. The van der Waals surface area contributed by atoms with Crippen molar-refractivity contribution in [3.63, 3.8) is 0 Å². The summed E-state index contributed by atoms with van der Waals surface area (Å²) < 4.78 is 65.1.